The van der Waals surface area contributed by atoms with Gasteiger partial charge in [0.1, 0.15) is 11.4 Å². The third-order valence-electron chi connectivity index (χ3n) is 4.67. The maximum Gasteiger partial charge on any atom is 0.356 e. The summed E-state index contributed by atoms with van der Waals surface area (Å²) >= 11 is 0. The molecule has 1 atom stereocenters. The van der Waals surface area contributed by atoms with Crippen LogP contribution in [0.15, 0.2) is 84.9 Å². The molecule has 5 heteroatoms. The number of rotatable bonds is 5. The summed E-state index contributed by atoms with van der Waals surface area (Å²) < 4.78 is 5.82. The first kappa shape index (κ1) is 17.8. The molecule has 0 radical (unpaired) electrons. The van der Waals surface area contributed by atoms with Gasteiger partial charge in [0.2, 0.25) is 0 Å². The summed E-state index contributed by atoms with van der Waals surface area (Å²) in [4.78, 5) is 15.9. The number of hydrogen-bond donors (Lipinski definition) is 3. The van der Waals surface area contributed by atoms with Gasteiger partial charge in [0, 0.05) is 29.0 Å². The van der Waals surface area contributed by atoms with E-state index in [0.29, 0.717) is 17.5 Å². The fourth-order valence-electron chi connectivity index (χ4n) is 3.26. The molecule has 3 aromatic carbocycles. The van der Waals surface area contributed by atoms with E-state index in [1.165, 1.54) is 0 Å². The lowest BCUT2D eigenvalue weighted by Crippen LogP contribution is -2.43. The number of ether oxygens (including phenoxy) is 1. The molecular formula is C23H20N2O3. The van der Waals surface area contributed by atoms with Gasteiger partial charge in [-0.2, -0.15) is 0 Å². The zero-order valence-electron chi connectivity index (χ0n) is 15.1. The predicted octanol–water partition coefficient (Wildman–Crippen LogP) is 4.08. The average Bonchev–Trinajstić information content (AvgIpc) is 3.13. The molecular weight excluding hydrogens is 352 g/mol. The Morgan fingerprint density at radius 3 is 2.36 bits per heavy atom. The Labute approximate surface area is 162 Å². The minimum Gasteiger partial charge on any atom is -0.508 e. The number of nitrogens with two attached hydrogens (primary N) is 1. The van der Waals surface area contributed by atoms with Crippen molar-refractivity contribution in [2.75, 3.05) is 0 Å². The highest BCUT2D eigenvalue weighted by Gasteiger charge is 2.33. The smallest absolute Gasteiger partial charge is 0.356 e. The maximum absolute atomic E-state index is 12.9. The molecule has 1 heterocycles. The number of aromatic nitrogens is 1. The highest BCUT2D eigenvalue weighted by molar-refractivity contribution is 5.95. The van der Waals surface area contributed by atoms with Gasteiger partial charge in [-0.1, -0.05) is 60.7 Å². The summed E-state index contributed by atoms with van der Waals surface area (Å²) in [6.07, 6.45) is 0.338. The van der Waals surface area contributed by atoms with Crippen molar-refractivity contribution >= 4 is 16.9 Å². The van der Waals surface area contributed by atoms with Crippen molar-refractivity contribution in [2.24, 2.45) is 5.73 Å². The Kier molecular flexibility index (Phi) is 4.59. The van der Waals surface area contributed by atoms with Crippen LogP contribution in [0.4, 0.5) is 0 Å². The topological polar surface area (TPSA) is 88.3 Å². The van der Waals surface area contributed by atoms with E-state index in [1.807, 2.05) is 60.7 Å². The summed E-state index contributed by atoms with van der Waals surface area (Å²) in [6.45, 7) is 0. The standard InChI is InChI=1S/C23H20N2O3/c24-23(18-9-5-2-6-10-18,15-16-7-3-1-4-8-16)28-22(27)21-13-17-11-12-19(26)14-20(17)25-21/h1-14,25-26H,15,24H2. The first-order valence-corrected chi connectivity index (χ1v) is 8.97. The summed E-state index contributed by atoms with van der Waals surface area (Å²) in [5, 5.41) is 10.4. The van der Waals surface area contributed by atoms with Crippen LogP contribution in [0.25, 0.3) is 10.9 Å². The van der Waals surface area contributed by atoms with Crippen molar-refractivity contribution in [3.63, 3.8) is 0 Å². The van der Waals surface area contributed by atoms with Crippen LogP contribution in [-0.2, 0) is 16.9 Å². The van der Waals surface area contributed by atoms with E-state index in [0.717, 1.165) is 10.9 Å². The number of esters is 1. The number of phenolic OH excluding ortho intramolecular Hbond substituents is 1. The molecule has 4 N–H and O–H groups in total. The van der Waals surface area contributed by atoms with Gasteiger partial charge in [-0.3, -0.25) is 5.73 Å². The van der Waals surface area contributed by atoms with Gasteiger partial charge in [0.25, 0.3) is 0 Å². The molecule has 5 nitrogen and oxygen atoms in total. The molecule has 0 saturated carbocycles. The summed E-state index contributed by atoms with van der Waals surface area (Å²) in [5.74, 6) is -0.436. The monoisotopic (exact) mass is 372 g/mol. The average molecular weight is 372 g/mol. The number of carbonyl (C=O) groups excluding carboxylic acids is 1. The Morgan fingerprint density at radius 2 is 1.64 bits per heavy atom. The van der Waals surface area contributed by atoms with Crippen molar-refractivity contribution in [1.29, 1.82) is 0 Å². The van der Waals surface area contributed by atoms with E-state index < -0.39 is 11.7 Å². The Morgan fingerprint density at radius 1 is 0.964 bits per heavy atom. The number of fused-ring (bicyclic) bond motifs is 1. The largest absolute Gasteiger partial charge is 0.508 e. The second kappa shape index (κ2) is 7.21. The molecule has 1 aromatic heterocycles. The van der Waals surface area contributed by atoms with Crippen LogP contribution in [0.3, 0.4) is 0 Å². The molecule has 0 fully saturated rings. The van der Waals surface area contributed by atoms with Crippen molar-refractivity contribution in [2.45, 2.75) is 12.1 Å². The second-order valence-corrected chi connectivity index (χ2v) is 6.76. The lowest BCUT2D eigenvalue weighted by molar-refractivity contribution is -0.0191. The van der Waals surface area contributed by atoms with Crippen molar-refractivity contribution in [3.8, 4) is 5.75 Å². The quantitative estimate of drug-likeness (QED) is 0.364. The highest BCUT2D eigenvalue weighted by Crippen LogP contribution is 2.27. The molecule has 28 heavy (non-hydrogen) atoms. The number of phenols is 1. The van der Waals surface area contributed by atoms with E-state index in [4.69, 9.17) is 10.5 Å². The zero-order chi connectivity index (χ0) is 19.6. The van der Waals surface area contributed by atoms with Gasteiger partial charge in [0.05, 0.1) is 0 Å². The van der Waals surface area contributed by atoms with E-state index in [-0.39, 0.29) is 11.4 Å². The molecule has 4 aromatic rings. The number of nitrogens with one attached hydrogen (secondary N) is 1. The Hall–Kier alpha value is -3.57. The summed E-state index contributed by atoms with van der Waals surface area (Å²) in [5.41, 5.74) is 7.89. The molecule has 0 spiro atoms. The second-order valence-electron chi connectivity index (χ2n) is 6.76. The van der Waals surface area contributed by atoms with Gasteiger partial charge in [-0.15, -0.1) is 0 Å². The van der Waals surface area contributed by atoms with Crippen molar-refractivity contribution < 1.29 is 14.6 Å². The molecule has 0 bridgehead atoms. The van der Waals surface area contributed by atoms with Gasteiger partial charge < -0.3 is 14.8 Å². The number of aromatic amines is 1. The van der Waals surface area contributed by atoms with Crippen LogP contribution in [0, 0.1) is 0 Å². The summed E-state index contributed by atoms with van der Waals surface area (Å²) in [6, 6.07) is 25.5. The van der Waals surface area contributed by atoms with Gasteiger partial charge in [0.15, 0.2) is 5.72 Å². The molecule has 0 aliphatic carbocycles. The van der Waals surface area contributed by atoms with Crippen LogP contribution in [0.2, 0.25) is 0 Å². The van der Waals surface area contributed by atoms with Gasteiger partial charge in [-0.05, 0) is 23.8 Å². The van der Waals surface area contributed by atoms with Crippen molar-refractivity contribution in [1.82, 2.24) is 4.98 Å². The minimum absolute atomic E-state index is 0.121. The molecule has 0 amide bonds. The molecule has 0 aliphatic heterocycles. The van der Waals surface area contributed by atoms with E-state index >= 15 is 0 Å². The molecule has 140 valence electrons. The van der Waals surface area contributed by atoms with Crippen LogP contribution < -0.4 is 5.73 Å². The number of hydrogen-bond acceptors (Lipinski definition) is 4. The number of H-pyrrole nitrogens is 1. The fraction of sp³-hybridized carbons (Fsp3) is 0.0870. The van der Waals surface area contributed by atoms with E-state index in [1.54, 1.807) is 24.3 Å². The normalized spacial score (nSPS) is 13.2. The third kappa shape index (κ3) is 3.61. The first-order chi connectivity index (χ1) is 13.5. The minimum atomic E-state index is -1.32. The lowest BCUT2D eigenvalue weighted by Gasteiger charge is -2.30. The molecule has 4 rings (SSSR count). The van der Waals surface area contributed by atoms with Crippen LogP contribution in [0.1, 0.15) is 21.6 Å². The van der Waals surface area contributed by atoms with Crippen LogP contribution >= 0.6 is 0 Å². The first-order valence-electron chi connectivity index (χ1n) is 8.97. The van der Waals surface area contributed by atoms with Crippen LogP contribution in [0.5, 0.6) is 5.75 Å². The van der Waals surface area contributed by atoms with Gasteiger partial charge in [-0.25, -0.2) is 4.79 Å². The predicted molar refractivity (Wildman–Crippen MR) is 108 cm³/mol. The fourth-order valence-corrected chi connectivity index (χ4v) is 3.26. The number of aromatic hydroxyl groups is 1. The van der Waals surface area contributed by atoms with Gasteiger partial charge >= 0.3 is 5.97 Å². The van der Waals surface area contributed by atoms with E-state index in [9.17, 15) is 9.90 Å². The highest BCUT2D eigenvalue weighted by atomic mass is 16.6. The SMILES string of the molecule is NC(Cc1ccccc1)(OC(=O)c1cc2ccc(O)cc2[nH]1)c1ccccc1. The zero-order valence-corrected chi connectivity index (χ0v) is 15.1. The molecule has 0 aliphatic rings. The molecule has 1 unspecified atom stereocenters. The maximum atomic E-state index is 12.9. The van der Waals surface area contributed by atoms with Crippen LogP contribution in [-0.4, -0.2) is 16.1 Å². The van der Waals surface area contributed by atoms with E-state index in [2.05, 4.69) is 4.98 Å². The summed E-state index contributed by atoms with van der Waals surface area (Å²) in [7, 11) is 0. The number of carbonyl (C=O) groups is 1. The molecule has 0 saturated heterocycles. The van der Waals surface area contributed by atoms with Crippen molar-refractivity contribution in [3.05, 3.63) is 102 Å². The lowest BCUT2D eigenvalue weighted by atomic mass is 9.95. The third-order valence-corrected chi connectivity index (χ3v) is 4.67. The Balaban J connectivity index is 1.67. The number of benzene rings is 3. The Bertz CT molecular complexity index is 1110.